The maximum absolute atomic E-state index is 13.3. The Balaban J connectivity index is 1.45. The van der Waals surface area contributed by atoms with E-state index in [1.165, 1.54) is 31.2 Å². The number of hydrogen-bond acceptors (Lipinski definition) is 6. The zero-order chi connectivity index (χ0) is 26.4. The van der Waals surface area contributed by atoms with E-state index < -0.39 is 28.6 Å². The largest absolute Gasteiger partial charge is 0.497 e. The lowest BCUT2D eigenvalue weighted by Crippen LogP contribution is -2.52. The number of nitrogens with zero attached hydrogens (tertiary/aromatic N) is 2. The minimum absolute atomic E-state index is 0.0383. The Morgan fingerprint density at radius 3 is 2.41 bits per heavy atom. The molecule has 0 bridgehead atoms. The number of fused-ring (bicyclic) bond motifs is 1. The third-order valence-corrected chi connectivity index (χ3v) is 7.87. The van der Waals surface area contributed by atoms with Crippen molar-refractivity contribution in [2.24, 2.45) is 0 Å². The van der Waals surface area contributed by atoms with E-state index in [4.69, 9.17) is 9.47 Å². The van der Waals surface area contributed by atoms with Crippen molar-refractivity contribution >= 4 is 27.5 Å². The second-order valence-corrected chi connectivity index (χ2v) is 10.6. The predicted octanol–water partition coefficient (Wildman–Crippen LogP) is 2.47. The molecule has 9 nitrogen and oxygen atoms in total. The van der Waals surface area contributed by atoms with Crippen molar-refractivity contribution in [3.63, 3.8) is 0 Å². The molecule has 10 heteroatoms. The first-order valence-electron chi connectivity index (χ1n) is 11.8. The van der Waals surface area contributed by atoms with Crippen LogP contribution in [0.2, 0.25) is 0 Å². The van der Waals surface area contributed by atoms with Crippen molar-refractivity contribution in [1.82, 2.24) is 9.62 Å². The average Bonchev–Trinajstić information content (AvgIpc) is 2.92. The van der Waals surface area contributed by atoms with E-state index in [0.717, 1.165) is 9.87 Å². The van der Waals surface area contributed by atoms with E-state index in [9.17, 15) is 18.0 Å². The van der Waals surface area contributed by atoms with E-state index in [0.29, 0.717) is 30.2 Å². The molecule has 0 unspecified atom stereocenters. The molecule has 0 fully saturated rings. The van der Waals surface area contributed by atoms with Gasteiger partial charge >= 0.3 is 0 Å². The summed E-state index contributed by atoms with van der Waals surface area (Å²) in [5, 5.41) is 2.87. The van der Waals surface area contributed by atoms with Crippen molar-refractivity contribution in [2.75, 3.05) is 38.7 Å². The van der Waals surface area contributed by atoms with Gasteiger partial charge in [0.25, 0.3) is 5.91 Å². The normalized spacial score (nSPS) is 15.0. The van der Waals surface area contributed by atoms with Gasteiger partial charge in [0.2, 0.25) is 15.9 Å². The number of methoxy groups -OCH3 is 1. The smallest absolute Gasteiger partial charge is 0.262 e. The number of benzene rings is 3. The van der Waals surface area contributed by atoms with Gasteiger partial charge in [0.05, 0.1) is 30.8 Å². The van der Waals surface area contributed by atoms with E-state index in [1.54, 1.807) is 36.4 Å². The molecule has 1 heterocycles. The van der Waals surface area contributed by atoms with Crippen LogP contribution in [0.25, 0.3) is 0 Å². The molecule has 0 aromatic heterocycles. The number of rotatable bonds is 9. The molecule has 1 aliphatic heterocycles. The SMILES string of the molecule is COc1ccc(S(=O)(=O)N(C)CC(=O)N2C[C@@H](C(=O)NCCc3ccccc3)Oc3ccccc32)cc1. The first-order chi connectivity index (χ1) is 17.8. The molecule has 3 aromatic carbocycles. The van der Waals surface area contributed by atoms with Crippen LogP contribution in [-0.4, -0.2) is 64.4 Å². The van der Waals surface area contributed by atoms with Gasteiger partial charge in [-0.3, -0.25) is 9.59 Å². The highest BCUT2D eigenvalue weighted by Gasteiger charge is 2.35. The van der Waals surface area contributed by atoms with E-state index >= 15 is 0 Å². The highest BCUT2D eigenvalue weighted by Crippen LogP contribution is 2.33. The Morgan fingerprint density at radius 2 is 1.70 bits per heavy atom. The Hall–Kier alpha value is -3.89. The summed E-state index contributed by atoms with van der Waals surface area (Å²) < 4.78 is 38.0. The van der Waals surface area contributed by atoms with Crippen molar-refractivity contribution in [3.8, 4) is 11.5 Å². The van der Waals surface area contributed by atoms with Gasteiger partial charge < -0.3 is 19.7 Å². The molecule has 0 aliphatic carbocycles. The van der Waals surface area contributed by atoms with Crippen LogP contribution in [0.4, 0.5) is 5.69 Å². The highest BCUT2D eigenvalue weighted by atomic mass is 32.2. The van der Waals surface area contributed by atoms with Gasteiger partial charge in [-0.1, -0.05) is 42.5 Å². The first-order valence-corrected chi connectivity index (χ1v) is 13.2. The van der Waals surface area contributed by atoms with E-state index in [2.05, 4.69) is 5.32 Å². The number of sulfonamides is 1. The standard InChI is InChI=1S/C27H29N3O6S/c1-29(37(33,34)22-14-12-21(35-2)13-15-22)19-26(31)30-18-25(36-24-11-7-6-10-23(24)30)27(32)28-17-16-20-8-4-3-5-9-20/h3-15,25H,16-19H2,1-2H3,(H,28,32)/t25-/m0/s1. The summed E-state index contributed by atoms with van der Waals surface area (Å²) in [5.74, 6) is 0.0847. The van der Waals surface area contributed by atoms with Crippen LogP contribution in [0, 0.1) is 0 Å². The van der Waals surface area contributed by atoms with Gasteiger partial charge in [-0.05, 0) is 48.4 Å². The van der Waals surface area contributed by atoms with Crippen molar-refractivity contribution in [1.29, 1.82) is 0 Å². The molecule has 2 amide bonds. The van der Waals surface area contributed by atoms with Crippen molar-refractivity contribution in [2.45, 2.75) is 17.4 Å². The number of amides is 2. The molecule has 0 saturated heterocycles. The summed E-state index contributed by atoms with van der Waals surface area (Å²) >= 11 is 0. The zero-order valence-electron chi connectivity index (χ0n) is 20.7. The van der Waals surface area contributed by atoms with Gasteiger partial charge in [-0.25, -0.2) is 8.42 Å². The van der Waals surface area contributed by atoms with Crippen LogP contribution >= 0.6 is 0 Å². The van der Waals surface area contributed by atoms with Gasteiger partial charge in [-0.15, -0.1) is 0 Å². The average molecular weight is 524 g/mol. The molecule has 1 atom stereocenters. The Labute approximate surface area is 216 Å². The fourth-order valence-electron chi connectivity index (χ4n) is 3.98. The Kier molecular flexibility index (Phi) is 8.10. The fourth-order valence-corrected chi connectivity index (χ4v) is 5.10. The van der Waals surface area contributed by atoms with Crippen molar-refractivity contribution < 1.29 is 27.5 Å². The maximum Gasteiger partial charge on any atom is 0.262 e. The van der Waals surface area contributed by atoms with Gasteiger partial charge in [0, 0.05) is 13.6 Å². The van der Waals surface area contributed by atoms with Gasteiger partial charge in [0.15, 0.2) is 6.10 Å². The second kappa shape index (κ2) is 11.4. The molecule has 0 radical (unpaired) electrons. The maximum atomic E-state index is 13.3. The predicted molar refractivity (Wildman–Crippen MR) is 139 cm³/mol. The summed E-state index contributed by atoms with van der Waals surface area (Å²) in [4.78, 5) is 27.7. The summed E-state index contributed by atoms with van der Waals surface area (Å²) in [5.41, 5.74) is 1.58. The van der Waals surface area contributed by atoms with Crippen LogP contribution in [0.3, 0.4) is 0 Å². The van der Waals surface area contributed by atoms with Crippen LogP contribution in [0.5, 0.6) is 11.5 Å². The Morgan fingerprint density at radius 1 is 1.03 bits per heavy atom. The molecule has 0 spiro atoms. The minimum atomic E-state index is -3.92. The van der Waals surface area contributed by atoms with Crippen LogP contribution in [0.1, 0.15) is 5.56 Å². The number of hydrogen-bond donors (Lipinski definition) is 1. The molecule has 0 saturated carbocycles. The number of para-hydroxylation sites is 2. The molecule has 194 valence electrons. The summed E-state index contributed by atoms with van der Waals surface area (Å²) in [6, 6.07) is 22.6. The fraction of sp³-hybridized carbons (Fsp3) is 0.259. The molecule has 1 N–H and O–H groups in total. The zero-order valence-corrected chi connectivity index (χ0v) is 21.5. The number of ether oxygens (including phenoxy) is 2. The molecular formula is C27H29N3O6S. The number of carbonyl (C=O) groups is 2. The van der Waals surface area contributed by atoms with Crippen LogP contribution in [0.15, 0.2) is 83.8 Å². The molecule has 37 heavy (non-hydrogen) atoms. The third kappa shape index (κ3) is 6.10. The number of nitrogens with one attached hydrogen (secondary N) is 1. The minimum Gasteiger partial charge on any atom is -0.497 e. The van der Waals surface area contributed by atoms with E-state index in [-0.39, 0.29) is 17.3 Å². The van der Waals surface area contributed by atoms with Crippen LogP contribution in [-0.2, 0) is 26.0 Å². The molecule has 3 aromatic rings. The Bertz CT molecular complexity index is 1350. The lowest BCUT2D eigenvalue weighted by atomic mass is 10.1. The number of anilines is 1. The number of likely N-dealkylation sites (N-methyl/N-ethyl adjacent to an activating group) is 1. The quantitative estimate of drug-likeness (QED) is 0.462. The molecule has 4 rings (SSSR count). The topological polar surface area (TPSA) is 105 Å². The van der Waals surface area contributed by atoms with Crippen LogP contribution < -0.4 is 19.7 Å². The third-order valence-electron chi connectivity index (χ3n) is 6.05. The first kappa shape index (κ1) is 26.2. The van der Waals surface area contributed by atoms with E-state index in [1.807, 2.05) is 30.3 Å². The summed E-state index contributed by atoms with van der Waals surface area (Å²) in [6.45, 7) is -0.0321. The highest BCUT2D eigenvalue weighted by molar-refractivity contribution is 7.89. The van der Waals surface area contributed by atoms with Gasteiger partial charge in [0.1, 0.15) is 11.5 Å². The second-order valence-electron chi connectivity index (χ2n) is 8.54. The lowest BCUT2D eigenvalue weighted by Gasteiger charge is -2.35. The molecular weight excluding hydrogens is 494 g/mol. The monoisotopic (exact) mass is 523 g/mol. The van der Waals surface area contributed by atoms with Crippen molar-refractivity contribution in [3.05, 3.63) is 84.4 Å². The molecule has 1 aliphatic rings. The number of carbonyl (C=O) groups excluding carboxylic acids is 2. The lowest BCUT2D eigenvalue weighted by molar-refractivity contribution is -0.128. The summed E-state index contributed by atoms with van der Waals surface area (Å²) in [6.07, 6.45) is -0.273. The summed E-state index contributed by atoms with van der Waals surface area (Å²) in [7, 11) is -1.09. The van der Waals surface area contributed by atoms with Gasteiger partial charge in [-0.2, -0.15) is 4.31 Å².